The van der Waals surface area contributed by atoms with E-state index in [-0.39, 0.29) is 5.91 Å². The van der Waals surface area contributed by atoms with Crippen molar-refractivity contribution in [1.82, 2.24) is 5.32 Å². The van der Waals surface area contributed by atoms with Crippen LogP contribution >= 0.6 is 11.8 Å². The number of rotatable bonds is 4. The lowest BCUT2D eigenvalue weighted by atomic mass is 10.0. The molecule has 3 heteroatoms. The predicted molar refractivity (Wildman–Crippen MR) is 57.9 cm³/mol. The Kier molecular flexibility index (Phi) is 4.98. The van der Waals surface area contributed by atoms with Gasteiger partial charge in [0.1, 0.15) is 0 Å². The third kappa shape index (κ3) is 4.36. The van der Waals surface area contributed by atoms with Crippen molar-refractivity contribution in [1.29, 1.82) is 0 Å². The predicted octanol–water partition coefficient (Wildman–Crippen LogP) is 1.82. The molecular formula is C10H17NOS. The molecule has 1 aliphatic heterocycles. The number of hydrogen-bond donors (Lipinski definition) is 1. The molecule has 1 rings (SSSR count). The molecule has 74 valence electrons. The van der Waals surface area contributed by atoms with Gasteiger partial charge in [-0.15, -0.1) is 6.58 Å². The topological polar surface area (TPSA) is 29.1 Å². The molecule has 1 N–H and O–H groups in total. The van der Waals surface area contributed by atoms with Gasteiger partial charge in [-0.1, -0.05) is 6.08 Å². The summed E-state index contributed by atoms with van der Waals surface area (Å²) in [5, 5.41) is 2.81. The van der Waals surface area contributed by atoms with Crippen molar-refractivity contribution in [3.8, 4) is 0 Å². The minimum Gasteiger partial charge on any atom is -0.353 e. The smallest absolute Gasteiger partial charge is 0.220 e. The molecule has 0 saturated carbocycles. The van der Waals surface area contributed by atoms with Crippen molar-refractivity contribution < 1.29 is 4.79 Å². The van der Waals surface area contributed by atoms with Crippen LogP contribution in [0.1, 0.15) is 19.3 Å². The van der Waals surface area contributed by atoms with E-state index in [2.05, 4.69) is 11.9 Å². The van der Waals surface area contributed by atoms with E-state index in [1.165, 1.54) is 18.6 Å². The normalized spacial score (nSPS) is 22.3. The van der Waals surface area contributed by atoms with Crippen molar-refractivity contribution in [2.75, 3.05) is 18.1 Å². The zero-order chi connectivity index (χ0) is 9.52. The summed E-state index contributed by atoms with van der Waals surface area (Å²) in [6.07, 6.45) is 4.90. The number of carbonyl (C=O) groups excluding carboxylic acids is 1. The fourth-order valence-electron chi connectivity index (χ4n) is 1.49. The SMILES string of the molecule is C=CCNC(=O)CC1CCCSC1. The van der Waals surface area contributed by atoms with Gasteiger partial charge in [0.15, 0.2) is 0 Å². The summed E-state index contributed by atoms with van der Waals surface area (Å²) in [5.74, 6) is 3.20. The second-order valence-corrected chi connectivity index (χ2v) is 4.53. The van der Waals surface area contributed by atoms with Gasteiger partial charge in [0.25, 0.3) is 0 Å². The molecule has 2 nitrogen and oxygen atoms in total. The maximum Gasteiger partial charge on any atom is 0.220 e. The van der Waals surface area contributed by atoms with Crippen LogP contribution in [0.4, 0.5) is 0 Å². The number of carbonyl (C=O) groups is 1. The largest absolute Gasteiger partial charge is 0.353 e. The van der Waals surface area contributed by atoms with Gasteiger partial charge in [-0.25, -0.2) is 0 Å². The molecule has 0 radical (unpaired) electrons. The zero-order valence-corrected chi connectivity index (χ0v) is 8.74. The molecule has 1 unspecified atom stereocenters. The van der Waals surface area contributed by atoms with Crippen molar-refractivity contribution >= 4 is 17.7 Å². The van der Waals surface area contributed by atoms with Crippen LogP contribution in [0, 0.1) is 5.92 Å². The van der Waals surface area contributed by atoms with E-state index in [1.807, 2.05) is 11.8 Å². The molecule has 0 aromatic heterocycles. The highest BCUT2D eigenvalue weighted by atomic mass is 32.2. The van der Waals surface area contributed by atoms with Crippen molar-refractivity contribution in [2.24, 2.45) is 5.92 Å². The van der Waals surface area contributed by atoms with E-state index in [0.29, 0.717) is 18.9 Å². The van der Waals surface area contributed by atoms with E-state index in [9.17, 15) is 4.79 Å². The lowest BCUT2D eigenvalue weighted by Crippen LogP contribution is -2.27. The molecule has 1 fully saturated rings. The molecule has 1 saturated heterocycles. The molecule has 1 atom stereocenters. The van der Waals surface area contributed by atoms with Crippen LogP contribution in [-0.2, 0) is 4.79 Å². The Balaban J connectivity index is 2.14. The van der Waals surface area contributed by atoms with Crippen LogP contribution in [-0.4, -0.2) is 24.0 Å². The lowest BCUT2D eigenvalue weighted by molar-refractivity contribution is -0.121. The van der Waals surface area contributed by atoms with Gasteiger partial charge in [-0.05, 0) is 30.3 Å². The maximum absolute atomic E-state index is 11.3. The Morgan fingerprint density at radius 3 is 3.15 bits per heavy atom. The molecular weight excluding hydrogens is 182 g/mol. The first kappa shape index (κ1) is 10.6. The zero-order valence-electron chi connectivity index (χ0n) is 7.92. The standard InChI is InChI=1S/C10H17NOS/c1-2-5-11-10(12)7-9-4-3-6-13-8-9/h2,9H,1,3-8H2,(H,11,12). The van der Waals surface area contributed by atoms with Gasteiger partial charge in [-0.3, -0.25) is 4.79 Å². The van der Waals surface area contributed by atoms with Gasteiger partial charge < -0.3 is 5.32 Å². The molecule has 0 aliphatic carbocycles. The van der Waals surface area contributed by atoms with Gasteiger partial charge in [-0.2, -0.15) is 11.8 Å². The van der Waals surface area contributed by atoms with E-state index in [4.69, 9.17) is 0 Å². The van der Waals surface area contributed by atoms with Crippen molar-refractivity contribution in [2.45, 2.75) is 19.3 Å². The first-order chi connectivity index (χ1) is 6.33. The lowest BCUT2D eigenvalue weighted by Gasteiger charge is -2.20. The second kappa shape index (κ2) is 6.08. The highest BCUT2D eigenvalue weighted by Crippen LogP contribution is 2.24. The van der Waals surface area contributed by atoms with Gasteiger partial charge in [0, 0.05) is 13.0 Å². The number of amides is 1. The maximum atomic E-state index is 11.3. The average molecular weight is 199 g/mol. The number of hydrogen-bond acceptors (Lipinski definition) is 2. The number of nitrogens with one attached hydrogen (secondary N) is 1. The Morgan fingerprint density at radius 2 is 2.54 bits per heavy atom. The minimum absolute atomic E-state index is 0.174. The first-order valence-corrected chi connectivity index (χ1v) is 5.93. The summed E-state index contributed by atoms with van der Waals surface area (Å²) in [5.41, 5.74) is 0. The van der Waals surface area contributed by atoms with Crippen LogP contribution in [0.2, 0.25) is 0 Å². The molecule has 0 aromatic carbocycles. The highest BCUT2D eigenvalue weighted by Gasteiger charge is 2.16. The average Bonchev–Trinajstić information content (AvgIpc) is 2.16. The van der Waals surface area contributed by atoms with E-state index >= 15 is 0 Å². The fourth-order valence-corrected chi connectivity index (χ4v) is 2.64. The molecule has 13 heavy (non-hydrogen) atoms. The third-order valence-electron chi connectivity index (χ3n) is 2.17. The molecule has 0 bridgehead atoms. The van der Waals surface area contributed by atoms with Gasteiger partial charge in [0.2, 0.25) is 5.91 Å². The summed E-state index contributed by atoms with van der Waals surface area (Å²) in [7, 11) is 0. The summed E-state index contributed by atoms with van der Waals surface area (Å²) >= 11 is 1.97. The Labute approximate surface area is 84.2 Å². The summed E-state index contributed by atoms with van der Waals surface area (Å²) < 4.78 is 0. The number of thioether (sulfide) groups is 1. The quantitative estimate of drug-likeness (QED) is 0.700. The highest BCUT2D eigenvalue weighted by molar-refractivity contribution is 7.99. The first-order valence-electron chi connectivity index (χ1n) is 4.78. The van der Waals surface area contributed by atoms with Crippen LogP contribution in [0.15, 0.2) is 12.7 Å². The fraction of sp³-hybridized carbons (Fsp3) is 0.700. The Hall–Kier alpha value is -0.440. The Bertz CT molecular complexity index is 176. The van der Waals surface area contributed by atoms with E-state index in [0.717, 1.165) is 5.75 Å². The molecule has 1 aliphatic rings. The summed E-state index contributed by atoms with van der Waals surface area (Å²) in [4.78, 5) is 11.3. The van der Waals surface area contributed by atoms with Crippen LogP contribution in [0.3, 0.4) is 0 Å². The van der Waals surface area contributed by atoms with Crippen LogP contribution in [0.25, 0.3) is 0 Å². The second-order valence-electron chi connectivity index (χ2n) is 3.38. The molecule has 1 amide bonds. The van der Waals surface area contributed by atoms with Crippen molar-refractivity contribution in [3.05, 3.63) is 12.7 Å². The van der Waals surface area contributed by atoms with Gasteiger partial charge in [0.05, 0.1) is 0 Å². The molecule has 1 heterocycles. The Morgan fingerprint density at radius 1 is 1.69 bits per heavy atom. The van der Waals surface area contributed by atoms with E-state index in [1.54, 1.807) is 6.08 Å². The third-order valence-corrected chi connectivity index (χ3v) is 3.46. The van der Waals surface area contributed by atoms with Crippen molar-refractivity contribution in [3.63, 3.8) is 0 Å². The van der Waals surface area contributed by atoms with E-state index < -0.39 is 0 Å². The van der Waals surface area contributed by atoms with Gasteiger partial charge >= 0.3 is 0 Å². The molecule has 0 spiro atoms. The minimum atomic E-state index is 0.174. The van der Waals surface area contributed by atoms with Crippen LogP contribution < -0.4 is 5.32 Å². The summed E-state index contributed by atoms with van der Waals surface area (Å²) in [6, 6.07) is 0. The monoisotopic (exact) mass is 199 g/mol. The molecule has 0 aromatic rings. The summed E-state index contributed by atoms with van der Waals surface area (Å²) in [6.45, 7) is 4.16. The van der Waals surface area contributed by atoms with Crippen LogP contribution in [0.5, 0.6) is 0 Å².